The summed E-state index contributed by atoms with van der Waals surface area (Å²) in [5.74, 6) is 0. The lowest BCUT2D eigenvalue weighted by Crippen LogP contribution is -1.89. The lowest BCUT2D eigenvalue weighted by molar-refractivity contribution is 1.64. The fourth-order valence-electron chi connectivity index (χ4n) is 2.27. The van der Waals surface area contributed by atoms with Gasteiger partial charge in [-0.1, -0.05) is 54.1 Å². The van der Waals surface area contributed by atoms with E-state index in [2.05, 4.69) is 18.2 Å². The minimum absolute atomic E-state index is 0.735. The first kappa shape index (κ1) is 11.1. The van der Waals surface area contributed by atoms with Crippen molar-refractivity contribution in [3.63, 3.8) is 0 Å². The Labute approximate surface area is 111 Å². The van der Waals surface area contributed by atoms with Gasteiger partial charge >= 0.3 is 0 Å². The molecule has 0 fully saturated rings. The maximum Gasteiger partial charge on any atom is 0.0412 e. The third-order valence-corrected chi connectivity index (χ3v) is 3.31. The number of anilines is 1. The van der Waals surface area contributed by atoms with Crippen LogP contribution < -0.4 is 5.73 Å². The molecular formula is C16H12ClN. The number of halogens is 1. The van der Waals surface area contributed by atoms with Crippen molar-refractivity contribution in [3.05, 3.63) is 65.7 Å². The molecule has 2 N–H and O–H groups in total. The van der Waals surface area contributed by atoms with E-state index in [0.29, 0.717) is 0 Å². The van der Waals surface area contributed by atoms with Crippen molar-refractivity contribution >= 4 is 28.1 Å². The molecule has 0 aliphatic carbocycles. The molecule has 0 heterocycles. The minimum atomic E-state index is 0.735. The summed E-state index contributed by atoms with van der Waals surface area (Å²) in [5, 5.41) is 2.97. The van der Waals surface area contributed by atoms with Crippen molar-refractivity contribution in [2.75, 3.05) is 5.73 Å². The first-order valence-corrected chi connectivity index (χ1v) is 6.17. The van der Waals surface area contributed by atoms with E-state index in [1.165, 1.54) is 0 Å². The van der Waals surface area contributed by atoms with Crippen LogP contribution in [-0.2, 0) is 0 Å². The first-order valence-electron chi connectivity index (χ1n) is 5.79. The number of rotatable bonds is 1. The maximum atomic E-state index is 6.10. The Morgan fingerprint density at radius 1 is 0.833 bits per heavy atom. The lowest BCUT2D eigenvalue weighted by atomic mass is 9.97. The lowest BCUT2D eigenvalue weighted by Gasteiger charge is -2.09. The third kappa shape index (κ3) is 1.83. The molecule has 88 valence electrons. The van der Waals surface area contributed by atoms with E-state index in [1.54, 1.807) is 0 Å². The molecule has 18 heavy (non-hydrogen) atoms. The predicted molar refractivity (Wildman–Crippen MR) is 78.8 cm³/mol. The average molecular weight is 254 g/mol. The molecule has 1 nitrogen and oxygen atoms in total. The number of nitrogen functional groups attached to an aromatic ring is 1. The Bertz CT molecular complexity index is 714. The first-order chi connectivity index (χ1) is 8.75. The van der Waals surface area contributed by atoms with E-state index in [9.17, 15) is 0 Å². The van der Waals surface area contributed by atoms with Crippen LogP contribution in [-0.4, -0.2) is 0 Å². The fourth-order valence-corrected chi connectivity index (χ4v) is 2.46. The van der Waals surface area contributed by atoms with Gasteiger partial charge in [-0.05, 0) is 34.7 Å². The largest absolute Gasteiger partial charge is 0.398 e. The number of benzene rings is 3. The van der Waals surface area contributed by atoms with Gasteiger partial charge in [-0.3, -0.25) is 0 Å². The van der Waals surface area contributed by atoms with Gasteiger partial charge in [-0.15, -0.1) is 0 Å². The molecule has 0 aliphatic rings. The van der Waals surface area contributed by atoms with E-state index in [0.717, 1.165) is 32.6 Å². The topological polar surface area (TPSA) is 26.0 Å². The zero-order valence-corrected chi connectivity index (χ0v) is 10.5. The highest BCUT2D eigenvalue weighted by Crippen LogP contribution is 2.33. The highest BCUT2D eigenvalue weighted by molar-refractivity contribution is 6.31. The van der Waals surface area contributed by atoms with Gasteiger partial charge < -0.3 is 5.73 Å². The molecule has 0 spiro atoms. The highest BCUT2D eigenvalue weighted by Gasteiger charge is 2.06. The highest BCUT2D eigenvalue weighted by atomic mass is 35.5. The van der Waals surface area contributed by atoms with Crippen molar-refractivity contribution in [2.24, 2.45) is 0 Å². The molecule has 2 heteroatoms. The Morgan fingerprint density at radius 3 is 2.33 bits per heavy atom. The second-order valence-electron chi connectivity index (χ2n) is 4.26. The molecular weight excluding hydrogens is 242 g/mol. The molecule has 0 atom stereocenters. The molecule has 0 radical (unpaired) electrons. The minimum Gasteiger partial charge on any atom is -0.398 e. The summed E-state index contributed by atoms with van der Waals surface area (Å²) < 4.78 is 0. The molecule has 3 aromatic carbocycles. The molecule has 0 bridgehead atoms. The predicted octanol–water partition coefficient (Wildman–Crippen LogP) is 4.74. The molecule has 0 unspecified atom stereocenters. The quantitative estimate of drug-likeness (QED) is 0.623. The molecule has 3 rings (SSSR count). The van der Waals surface area contributed by atoms with Gasteiger partial charge in [0.05, 0.1) is 0 Å². The summed E-state index contributed by atoms with van der Waals surface area (Å²) in [6, 6.07) is 20.0. The van der Waals surface area contributed by atoms with Gasteiger partial charge in [0.1, 0.15) is 0 Å². The zero-order chi connectivity index (χ0) is 12.5. The van der Waals surface area contributed by atoms with Crippen LogP contribution in [0.15, 0.2) is 60.7 Å². The van der Waals surface area contributed by atoms with E-state index in [1.807, 2.05) is 42.5 Å². The van der Waals surface area contributed by atoms with E-state index < -0.39 is 0 Å². The Hall–Kier alpha value is -1.99. The summed E-state index contributed by atoms with van der Waals surface area (Å²) in [6.45, 7) is 0. The molecule has 0 aliphatic heterocycles. The summed E-state index contributed by atoms with van der Waals surface area (Å²) in [6.07, 6.45) is 0. The summed E-state index contributed by atoms with van der Waals surface area (Å²) >= 11 is 6.05. The van der Waals surface area contributed by atoms with Crippen LogP contribution in [0, 0.1) is 0 Å². The van der Waals surface area contributed by atoms with Gasteiger partial charge in [0.25, 0.3) is 0 Å². The summed E-state index contributed by atoms with van der Waals surface area (Å²) in [5.41, 5.74) is 9.10. The zero-order valence-electron chi connectivity index (χ0n) is 9.73. The van der Waals surface area contributed by atoms with Crippen molar-refractivity contribution in [3.8, 4) is 11.1 Å². The molecule has 3 aromatic rings. The van der Waals surface area contributed by atoms with Crippen molar-refractivity contribution in [1.29, 1.82) is 0 Å². The number of hydrogen-bond donors (Lipinski definition) is 1. The van der Waals surface area contributed by atoms with Gasteiger partial charge in [0.15, 0.2) is 0 Å². The van der Waals surface area contributed by atoms with Crippen LogP contribution in [0.1, 0.15) is 0 Å². The average Bonchev–Trinajstić information content (AvgIpc) is 2.38. The van der Waals surface area contributed by atoms with Crippen LogP contribution in [0.3, 0.4) is 0 Å². The normalized spacial score (nSPS) is 10.7. The van der Waals surface area contributed by atoms with E-state index >= 15 is 0 Å². The van der Waals surface area contributed by atoms with Crippen LogP contribution in [0.25, 0.3) is 21.9 Å². The van der Waals surface area contributed by atoms with Crippen LogP contribution in [0.2, 0.25) is 5.02 Å². The standard InChI is InChI=1S/C16H12ClN/c17-13-7-1-6-12(10-13)14-8-2-4-11-5-3-9-15(18)16(11)14/h1-10H,18H2. The number of fused-ring (bicyclic) bond motifs is 1. The molecule has 0 aromatic heterocycles. The Kier molecular flexibility index (Phi) is 2.69. The summed E-state index contributed by atoms with van der Waals surface area (Å²) in [4.78, 5) is 0. The second kappa shape index (κ2) is 4.35. The SMILES string of the molecule is Nc1cccc2cccc(-c3cccc(Cl)c3)c12. The summed E-state index contributed by atoms with van der Waals surface area (Å²) in [7, 11) is 0. The Morgan fingerprint density at radius 2 is 1.56 bits per heavy atom. The monoisotopic (exact) mass is 253 g/mol. The number of nitrogens with two attached hydrogens (primary N) is 1. The van der Waals surface area contributed by atoms with Crippen LogP contribution in [0.4, 0.5) is 5.69 Å². The van der Waals surface area contributed by atoms with Crippen molar-refractivity contribution in [1.82, 2.24) is 0 Å². The maximum absolute atomic E-state index is 6.10. The fraction of sp³-hybridized carbons (Fsp3) is 0. The van der Waals surface area contributed by atoms with E-state index in [4.69, 9.17) is 17.3 Å². The third-order valence-electron chi connectivity index (χ3n) is 3.07. The molecule has 0 saturated carbocycles. The second-order valence-corrected chi connectivity index (χ2v) is 4.70. The van der Waals surface area contributed by atoms with Gasteiger partial charge in [-0.2, -0.15) is 0 Å². The van der Waals surface area contributed by atoms with Crippen molar-refractivity contribution < 1.29 is 0 Å². The van der Waals surface area contributed by atoms with Gasteiger partial charge in [-0.25, -0.2) is 0 Å². The number of hydrogen-bond acceptors (Lipinski definition) is 1. The Balaban J connectivity index is 2.36. The van der Waals surface area contributed by atoms with Gasteiger partial charge in [0.2, 0.25) is 0 Å². The van der Waals surface area contributed by atoms with E-state index in [-0.39, 0.29) is 0 Å². The van der Waals surface area contributed by atoms with Crippen molar-refractivity contribution in [2.45, 2.75) is 0 Å². The smallest absolute Gasteiger partial charge is 0.0412 e. The molecule has 0 saturated heterocycles. The molecule has 0 amide bonds. The van der Waals surface area contributed by atoms with Gasteiger partial charge in [0, 0.05) is 16.1 Å². The van der Waals surface area contributed by atoms with Crippen LogP contribution >= 0.6 is 11.6 Å². The van der Waals surface area contributed by atoms with Crippen LogP contribution in [0.5, 0.6) is 0 Å².